The number of oxime groups is 1. The Labute approximate surface area is 249 Å². The number of nitrogens with two attached hydrogens (primary N) is 1. The maximum absolute atomic E-state index is 13.3. The van der Waals surface area contributed by atoms with E-state index in [9.17, 15) is 29.4 Å². The Morgan fingerprint density at radius 1 is 1.31 bits per heavy atom. The topological polar surface area (TPSA) is 201 Å². The van der Waals surface area contributed by atoms with Crippen LogP contribution >= 0.6 is 34.4 Å². The lowest BCUT2D eigenvalue weighted by Crippen LogP contribution is -2.71. The number of amides is 2. The van der Waals surface area contributed by atoms with Crippen molar-refractivity contribution in [3.8, 4) is 0 Å². The summed E-state index contributed by atoms with van der Waals surface area (Å²) in [5.74, 6) is -3.54. The Balaban J connectivity index is 1.22. The molecule has 3 aliphatic rings. The molecular weight excluding hydrogens is 607 g/mol. The van der Waals surface area contributed by atoms with Gasteiger partial charge in [-0.1, -0.05) is 5.16 Å². The molecule has 2 atom stereocenters. The number of carboxylic acid groups (broad SMARTS) is 2. The maximum Gasteiger partial charge on any atom is 0.352 e. The Morgan fingerprint density at radius 3 is 2.74 bits per heavy atom. The van der Waals surface area contributed by atoms with Gasteiger partial charge in [-0.2, -0.15) is 4.57 Å². The van der Waals surface area contributed by atoms with E-state index in [1.807, 2.05) is 30.0 Å². The number of carbonyl (C=O) groups excluding carboxylic acids is 2. The lowest BCUT2D eigenvalue weighted by atomic mass is 9.80. The lowest BCUT2D eigenvalue weighted by Gasteiger charge is -2.49. The molecule has 6 rings (SSSR count). The summed E-state index contributed by atoms with van der Waals surface area (Å²) in [7, 11) is 0. The van der Waals surface area contributed by atoms with E-state index in [-0.39, 0.29) is 41.6 Å². The first-order chi connectivity index (χ1) is 20.1. The molecule has 0 bridgehead atoms. The molecule has 0 aromatic carbocycles. The van der Waals surface area contributed by atoms with E-state index in [2.05, 4.69) is 20.4 Å². The Kier molecular flexibility index (Phi) is 7.10. The number of thiazole rings is 2. The van der Waals surface area contributed by atoms with Gasteiger partial charge in [0.25, 0.3) is 11.8 Å². The highest BCUT2D eigenvalue weighted by molar-refractivity contribution is 8.00. The van der Waals surface area contributed by atoms with Crippen molar-refractivity contribution in [2.75, 3.05) is 11.5 Å². The first-order valence-electron chi connectivity index (χ1n) is 12.7. The van der Waals surface area contributed by atoms with Gasteiger partial charge in [0.1, 0.15) is 28.3 Å². The van der Waals surface area contributed by atoms with Gasteiger partial charge in [0, 0.05) is 35.6 Å². The van der Waals surface area contributed by atoms with E-state index in [1.165, 1.54) is 22.0 Å². The number of hydrogen-bond donors (Lipinski definition) is 4. The van der Waals surface area contributed by atoms with Crippen LogP contribution in [0.2, 0.25) is 0 Å². The molecule has 1 saturated heterocycles. The molecule has 5 N–H and O–H groups in total. The number of nitrogens with one attached hydrogen (secondary N) is 1. The standard InChI is InChI=1S/C25H23N7O7S3/c1-11-27-13-8-31(6-3-15(13)42-11)7-12-9-40-21-17(20(34)32(21)18(12)22(35)36)29-19(33)16(14-10-41-24(26)28-14)30-39-25(23(37)38)4-2-5-25/h3,6,8,10,17,21H,2,4-5,7,9H2,1H3,(H4-,26,28,29,33,35,36,37,38)/p+1/b30-16-/t17?,21-/m1/s1. The fourth-order valence-corrected chi connectivity index (χ4v) is 7.62. The smallest absolute Gasteiger partial charge is 0.352 e. The Bertz CT molecular complexity index is 1710. The fourth-order valence-electron chi connectivity index (χ4n) is 4.94. The first-order valence-corrected chi connectivity index (χ1v) is 15.5. The maximum atomic E-state index is 13.3. The molecule has 42 heavy (non-hydrogen) atoms. The van der Waals surface area contributed by atoms with Crippen molar-refractivity contribution in [3.05, 3.63) is 45.8 Å². The molecular formula is C25H24N7O7S3+. The number of pyridine rings is 1. The summed E-state index contributed by atoms with van der Waals surface area (Å²) in [6.07, 6.45) is 4.79. The van der Waals surface area contributed by atoms with Gasteiger partial charge >= 0.3 is 11.9 Å². The molecule has 2 aliphatic heterocycles. The molecule has 218 valence electrons. The summed E-state index contributed by atoms with van der Waals surface area (Å²) in [6.45, 7) is 2.16. The van der Waals surface area contributed by atoms with Crippen molar-refractivity contribution in [2.24, 2.45) is 5.16 Å². The van der Waals surface area contributed by atoms with E-state index in [0.29, 0.717) is 17.7 Å². The molecule has 3 aromatic heterocycles. The number of nitrogen functional groups attached to an aromatic ring is 1. The van der Waals surface area contributed by atoms with Crippen LogP contribution in [0.4, 0.5) is 5.13 Å². The van der Waals surface area contributed by atoms with Crippen LogP contribution in [-0.4, -0.2) is 77.3 Å². The number of aliphatic carboxylic acids is 2. The van der Waals surface area contributed by atoms with Gasteiger partial charge in [-0.15, -0.1) is 34.4 Å². The van der Waals surface area contributed by atoms with Gasteiger partial charge in [-0.25, -0.2) is 19.6 Å². The first kappa shape index (κ1) is 28.0. The van der Waals surface area contributed by atoms with Crippen molar-refractivity contribution in [1.29, 1.82) is 0 Å². The van der Waals surface area contributed by atoms with Gasteiger partial charge in [0.05, 0.1) is 9.71 Å². The minimum absolute atomic E-state index is 0.0625. The van der Waals surface area contributed by atoms with Gasteiger partial charge in [-0.05, 0) is 13.3 Å². The monoisotopic (exact) mass is 630 g/mol. The SMILES string of the molecule is Cc1nc2c[n+](CC3=C(C(=O)O)N4C(=O)C(NC(=O)/C(=N\OC5(C(=O)O)CCC5)c5csc(N)n5)[C@H]4SC3)ccc2s1. The second-order valence-electron chi connectivity index (χ2n) is 9.97. The van der Waals surface area contributed by atoms with Gasteiger partial charge in [0.15, 0.2) is 29.8 Å². The molecule has 0 radical (unpaired) electrons. The average molecular weight is 631 g/mol. The van der Waals surface area contributed by atoms with Crippen LogP contribution in [0.15, 0.2) is 40.3 Å². The van der Waals surface area contributed by atoms with Crippen LogP contribution in [0.5, 0.6) is 0 Å². The predicted molar refractivity (Wildman–Crippen MR) is 153 cm³/mol. The predicted octanol–water partition coefficient (Wildman–Crippen LogP) is 1.10. The quantitative estimate of drug-likeness (QED) is 0.114. The minimum atomic E-state index is -1.53. The molecule has 2 fully saturated rings. The van der Waals surface area contributed by atoms with Crippen molar-refractivity contribution in [3.63, 3.8) is 0 Å². The summed E-state index contributed by atoms with van der Waals surface area (Å²) < 4.78 is 2.85. The van der Waals surface area contributed by atoms with Gasteiger partial charge < -0.3 is 26.1 Å². The highest BCUT2D eigenvalue weighted by Crippen LogP contribution is 2.41. The number of nitrogens with zero attached hydrogens (tertiary/aromatic N) is 5. The molecule has 1 aliphatic carbocycles. The molecule has 0 spiro atoms. The molecule has 17 heteroatoms. The molecule has 3 aromatic rings. The number of β-lactam (4-membered cyclic amide) rings is 1. The number of carboxylic acids is 2. The second-order valence-corrected chi connectivity index (χ2v) is 13.2. The van der Waals surface area contributed by atoms with Crippen molar-refractivity contribution >= 4 is 79.2 Å². The third-order valence-corrected chi connectivity index (χ3v) is 10.2. The van der Waals surface area contributed by atoms with Crippen molar-refractivity contribution in [1.82, 2.24) is 20.2 Å². The molecule has 1 saturated carbocycles. The number of anilines is 1. The summed E-state index contributed by atoms with van der Waals surface area (Å²) in [5.41, 5.74) is 5.16. The van der Waals surface area contributed by atoms with E-state index in [4.69, 9.17) is 10.6 Å². The second kappa shape index (κ2) is 10.6. The number of carbonyl (C=O) groups is 4. The number of fused-ring (bicyclic) bond motifs is 2. The van der Waals surface area contributed by atoms with Crippen molar-refractivity contribution in [2.45, 2.75) is 49.7 Å². The highest BCUT2D eigenvalue weighted by atomic mass is 32.2. The average Bonchev–Trinajstić information content (AvgIpc) is 3.51. The Hall–Kier alpha value is -4.09. The number of hydrogen-bond acceptors (Lipinski definition) is 12. The fraction of sp³-hybridized carbons (Fsp3) is 0.360. The number of thioether (sulfide) groups is 1. The van der Waals surface area contributed by atoms with Crippen LogP contribution in [0.3, 0.4) is 0 Å². The van der Waals surface area contributed by atoms with E-state index < -0.39 is 40.8 Å². The zero-order valence-corrected chi connectivity index (χ0v) is 24.4. The molecule has 14 nitrogen and oxygen atoms in total. The van der Waals surface area contributed by atoms with Gasteiger partial charge in [0.2, 0.25) is 5.60 Å². The van der Waals surface area contributed by atoms with E-state index in [0.717, 1.165) is 26.6 Å². The van der Waals surface area contributed by atoms with E-state index in [1.54, 1.807) is 11.3 Å². The molecule has 2 amide bonds. The third-order valence-electron chi connectivity index (χ3n) is 7.25. The number of rotatable bonds is 9. The largest absolute Gasteiger partial charge is 0.478 e. The number of aryl methyl sites for hydroxylation is 1. The summed E-state index contributed by atoms with van der Waals surface area (Å²) in [5, 5.41) is 28.0. The Morgan fingerprint density at radius 2 is 2.10 bits per heavy atom. The van der Waals surface area contributed by atoms with Gasteiger partial charge in [-0.3, -0.25) is 14.5 Å². The summed E-state index contributed by atoms with van der Waals surface area (Å²) in [6, 6.07) is 0.876. The van der Waals surface area contributed by atoms with Crippen LogP contribution in [-0.2, 0) is 30.6 Å². The summed E-state index contributed by atoms with van der Waals surface area (Å²) in [4.78, 5) is 65.7. The lowest BCUT2D eigenvalue weighted by molar-refractivity contribution is -0.687. The zero-order chi connectivity index (χ0) is 29.8. The summed E-state index contributed by atoms with van der Waals surface area (Å²) >= 11 is 3.94. The molecule has 1 unspecified atom stereocenters. The van der Waals surface area contributed by atoms with Crippen LogP contribution in [0.25, 0.3) is 10.2 Å². The normalized spacial score (nSPS) is 21.4. The van der Waals surface area contributed by atoms with Crippen LogP contribution in [0.1, 0.15) is 30.0 Å². The zero-order valence-electron chi connectivity index (χ0n) is 22.0. The highest BCUT2D eigenvalue weighted by Gasteiger charge is 2.55. The van der Waals surface area contributed by atoms with E-state index >= 15 is 0 Å². The third kappa shape index (κ3) is 4.86. The van der Waals surface area contributed by atoms with Crippen LogP contribution in [0, 0.1) is 6.92 Å². The number of aromatic nitrogens is 3. The minimum Gasteiger partial charge on any atom is -0.478 e. The molecule has 5 heterocycles. The van der Waals surface area contributed by atoms with Crippen LogP contribution < -0.4 is 15.6 Å². The van der Waals surface area contributed by atoms with Crippen molar-refractivity contribution < 1.29 is 38.8 Å².